The lowest BCUT2D eigenvalue weighted by Gasteiger charge is -2.12. The Kier molecular flexibility index (Phi) is 3.71. The standard InChI is InChI=1S/C16H22N4/c1-7-8-12-11(6)18-16-14(19-12)13(9(2)3)15(17)20(16)10(4)5/h9-10H,17H2,1-6H3. The quantitative estimate of drug-likeness (QED) is 0.851. The average Bonchev–Trinajstić information content (AvgIpc) is 2.61. The lowest BCUT2D eigenvalue weighted by molar-refractivity contribution is 0.622. The first-order valence-electron chi connectivity index (χ1n) is 6.99. The van der Waals surface area contributed by atoms with E-state index in [0.29, 0.717) is 5.92 Å². The van der Waals surface area contributed by atoms with Gasteiger partial charge in [-0.25, -0.2) is 9.97 Å². The number of rotatable bonds is 2. The number of nitrogen functional groups attached to an aromatic ring is 1. The van der Waals surface area contributed by atoms with Crippen LogP contribution in [0.15, 0.2) is 0 Å². The van der Waals surface area contributed by atoms with Gasteiger partial charge in [-0.2, -0.15) is 0 Å². The Morgan fingerprint density at radius 3 is 2.30 bits per heavy atom. The third kappa shape index (κ3) is 2.14. The predicted molar refractivity (Wildman–Crippen MR) is 83.7 cm³/mol. The molecule has 2 N–H and O–H groups in total. The van der Waals surface area contributed by atoms with Crippen LogP contribution >= 0.6 is 0 Å². The van der Waals surface area contributed by atoms with Crippen LogP contribution in [0.25, 0.3) is 11.2 Å². The maximum atomic E-state index is 6.34. The van der Waals surface area contributed by atoms with Crippen LogP contribution in [0.1, 0.15) is 63.5 Å². The molecule has 4 heteroatoms. The van der Waals surface area contributed by atoms with E-state index in [-0.39, 0.29) is 6.04 Å². The van der Waals surface area contributed by atoms with E-state index in [1.165, 1.54) is 0 Å². The minimum atomic E-state index is 0.252. The van der Waals surface area contributed by atoms with E-state index in [1.807, 2.05) is 13.8 Å². The summed E-state index contributed by atoms with van der Waals surface area (Å²) >= 11 is 0. The Balaban J connectivity index is 2.92. The van der Waals surface area contributed by atoms with Gasteiger partial charge in [0, 0.05) is 11.6 Å². The molecule has 2 heterocycles. The number of hydrogen-bond acceptors (Lipinski definition) is 3. The van der Waals surface area contributed by atoms with E-state index in [4.69, 9.17) is 15.7 Å². The first kappa shape index (κ1) is 14.4. The van der Waals surface area contributed by atoms with Crippen molar-refractivity contribution >= 4 is 17.0 Å². The molecule has 2 rings (SSSR count). The highest BCUT2D eigenvalue weighted by Gasteiger charge is 2.22. The molecule has 4 nitrogen and oxygen atoms in total. The topological polar surface area (TPSA) is 56.7 Å². The van der Waals surface area contributed by atoms with Crippen LogP contribution in [0.4, 0.5) is 5.82 Å². The lowest BCUT2D eigenvalue weighted by atomic mass is 10.1. The molecule has 0 aliphatic heterocycles. The largest absolute Gasteiger partial charge is 0.385 e. The highest BCUT2D eigenvalue weighted by atomic mass is 15.1. The van der Waals surface area contributed by atoms with Gasteiger partial charge in [-0.1, -0.05) is 19.8 Å². The van der Waals surface area contributed by atoms with Gasteiger partial charge in [-0.3, -0.25) is 0 Å². The van der Waals surface area contributed by atoms with E-state index < -0.39 is 0 Å². The predicted octanol–water partition coefficient (Wildman–Crippen LogP) is 3.40. The van der Waals surface area contributed by atoms with Crippen LogP contribution in [0.2, 0.25) is 0 Å². The van der Waals surface area contributed by atoms with Crippen LogP contribution in [-0.2, 0) is 0 Å². The van der Waals surface area contributed by atoms with Gasteiger partial charge in [-0.15, -0.1) is 0 Å². The monoisotopic (exact) mass is 270 g/mol. The molecule has 0 amide bonds. The van der Waals surface area contributed by atoms with Crippen LogP contribution in [0.3, 0.4) is 0 Å². The van der Waals surface area contributed by atoms with E-state index >= 15 is 0 Å². The fraction of sp³-hybridized carbons (Fsp3) is 0.500. The summed E-state index contributed by atoms with van der Waals surface area (Å²) < 4.78 is 2.06. The molecular formula is C16H22N4. The van der Waals surface area contributed by atoms with Gasteiger partial charge in [0.05, 0.1) is 5.69 Å². The highest BCUT2D eigenvalue weighted by molar-refractivity contribution is 5.84. The van der Waals surface area contributed by atoms with Gasteiger partial charge in [-0.05, 0) is 39.5 Å². The molecule has 0 bridgehead atoms. The molecule has 0 radical (unpaired) electrons. The second kappa shape index (κ2) is 5.16. The number of fused-ring (bicyclic) bond motifs is 1. The van der Waals surface area contributed by atoms with Crippen molar-refractivity contribution in [2.75, 3.05) is 5.73 Å². The molecular weight excluding hydrogens is 248 g/mol. The van der Waals surface area contributed by atoms with Crippen molar-refractivity contribution in [1.29, 1.82) is 0 Å². The van der Waals surface area contributed by atoms with Gasteiger partial charge in [0.15, 0.2) is 5.65 Å². The van der Waals surface area contributed by atoms with Crippen molar-refractivity contribution < 1.29 is 0 Å². The van der Waals surface area contributed by atoms with Gasteiger partial charge in [0.1, 0.15) is 17.0 Å². The summed E-state index contributed by atoms with van der Waals surface area (Å²) in [7, 11) is 0. The number of nitrogens with two attached hydrogens (primary N) is 1. The molecule has 0 unspecified atom stereocenters. The Morgan fingerprint density at radius 1 is 1.15 bits per heavy atom. The van der Waals surface area contributed by atoms with Crippen molar-refractivity contribution in [3.05, 3.63) is 17.0 Å². The molecule has 2 aromatic rings. The van der Waals surface area contributed by atoms with E-state index in [0.717, 1.165) is 33.9 Å². The maximum Gasteiger partial charge on any atom is 0.161 e. The zero-order valence-electron chi connectivity index (χ0n) is 13.1. The Labute approximate surface area is 120 Å². The van der Waals surface area contributed by atoms with Gasteiger partial charge in [0.25, 0.3) is 0 Å². The van der Waals surface area contributed by atoms with Crippen molar-refractivity contribution in [2.45, 2.75) is 53.5 Å². The van der Waals surface area contributed by atoms with Crippen molar-refractivity contribution in [3.8, 4) is 11.8 Å². The highest BCUT2D eigenvalue weighted by Crippen LogP contribution is 2.34. The molecule has 2 aromatic heterocycles. The van der Waals surface area contributed by atoms with Crippen LogP contribution < -0.4 is 5.73 Å². The average molecular weight is 270 g/mol. The summed E-state index contributed by atoms with van der Waals surface area (Å²) in [5.74, 6) is 6.98. The van der Waals surface area contributed by atoms with Crippen molar-refractivity contribution in [3.63, 3.8) is 0 Å². The second-order valence-corrected chi connectivity index (χ2v) is 5.62. The Bertz CT molecular complexity index is 712. The maximum absolute atomic E-state index is 6.34. The van der Waals surface area contributed by atoms with Crippen LogP contribution in [0.5, 0.6) is 0 Å². The molecule has 0 saturated carbocycles. The van der Waals surface area contributed by atoms with Crippen LogP contribution in [-0.4, -0.2) is 14.5 Å². The summed E-state index contributed by atoms with van der Waals surface area (Å²) in [4.78, 5) is 9.41. The zero-order chi connectivity index (χ0) is 15.0. The van der Waals surface area contributed by atoms with Crippen molar-refractivity contribution in [2.24, 2.45) is 0 Å². The van der Waals surface area contributed by atoms with E-state index in [9.17, 15) is 0 Å². The molecule has 0 fully saturated rings. The minimum absolute atomic E-state index is 0.252. The number of aryl methyl sites for hydroxylation is 1. The smallest absolute Gasteiger partial charge is 0.161 e. The van der Waals surface area contributed by atoms with E-state index in [2.05, 4.69) is 44.1 Å². The first-order chi connectivity index (χ1) is 9.38. The molecule has 0 saturated heterocycles. The summed E-state index contributed by atoms with van der Waals surface area (Å²) in [6, 6.07) is 0.252. The number of nitrogens with zero attached hydrogens (tertiary/aromatic N) is 3. The fourth-order valence-corrected chi connectivity index (χ4v) is 2.55. The lowest BCUT2D eigenvalue weighted by Crippen LogP contribution is -2.07. The SMILES string of the molecule is CC#Cc1nc2c(C(C)C)c(N)n(C(C)C)c2nc1C. The number of aromatic nitrogens is 3. The summed E-state index contributed by atoms with van der Waals surface area (Å²) in [5, 5.41) is 0. The third-order valence-electron chi connectivity index (χ3n) is 3.41. The summed E-state index contributed by atoms with van der Waals surface area (Å²) in [6.45, 7) is 12.2. The Morgan fingerprint density at radius 2 is 1.80 bits per heavy atom. The van der Waals surface area contributed by atoms with E-state index in [1.54, 1.807) is 0 Å². The first-order valence-corrected chi connectivity index (χ1v) is 6.99. The molecule has 20 heavy (non-hydrogen) atoms. The van der Waals surface area contributed by atoms with Crippen LogP contribution in [0, 0.1) is 18.8 Å². The summed E-state index contributed by atoms with van der Waals surface area (Å²) in [5.41, 5.74) is 10.7. The Hall–Kier alpha value is -2.02. The third-order valence-corrected chi connectivity index (χ3v) is 3.41. The molecule has 0 aromatic carbocycles. The molecule has 106 valence electrons. The molecule has 0 spiro atoms. The fourth-order valence-electron chi connectivity index (χ4n) is 2.55. The molecule has 0 atom stereocenters. The minimum Gasteiger partial charge on any atom is -0.385 e. The van der Waals surface area contributed by atoms with Gasteiger partial charge >= 0.3 is 0 Å². The second-order valence-electron chi connectivity index (χ2n) is 5.62. The summed E-state index contributed by atoms with van der Waals surface area (Å²) in [6.07, 6.45) is 0. The van der Waals surface area contributed by atoms with Gasteiger partial charge < -0.3 is 10.3 Å². The molecule has 0 aliphatic carbocycles. The zero-order valence-corrected chi connectivity index (χ0v) is 13.1. The van der Waals surface area contributed by atoms with Gasteiger partial charge in [0.2, 0.25) is 0 Å². The normalized spacial score (nSPS) is 11.2. The molecule has 0 aliphatic rings. The number of hydrogen-bond donors (Lipinski definition) is 1. The number of anilines is 1. The van der Waals surface area contributed by atoms with Crippen molar-refractivity contribution in [1.82, 2.24) is 14.5 Å².